The van der Waals surface area contributed by atoms with Crippen LogP contribution in [0.15, 0.2) is 41.6 Å². The quantitative estimate of drug-likeness (QED) is 0.432. The fraction of sp³-hybridized carbons (Fsp3) is 0.211. The number of fused-ring (bicyclic) bond motifs is 1. The van der Waals surface area contributed by atoms with Gasteiger partial charge in [-0.3, -0.25) is 9.89 Å². The molecule has 1 aliphatic carbocycles. The molecule has 1 saturated carbocycles. The van der Waals surface area contributed by atoms with Gasteiger partial charge in [-0.2, -0.15) is 5.10 Å². The number of hydrogen-bond donors (Lipinski definition) is 3. The molecule has 1 unspecified atom stereocenters. The Balaban J connectivity index is 1.74. The summed E-state index contributed by atoms with van der Waals surface area (Å²) in [5, 5.41) is 11.1. The molecule has 0 spiro atoms. The van der Waals surface area contributed by atoms with Crippen molar-refractivity contribution >= 4 is 45.7 Å². The molecular weight excluding hydrogens is 427 g/mol. The molecule has 0 bridgehead atoms. The van der Waals surface area contributed by atoms with Gasteiger partial charge in [-0.05, 0) is 30.9 Å². The van der Waals surface area contributed by atoms with Crippen LogP contribution in [0.2, 0.25) is 10.0 Å². The first kappa shape index (κ1) is 18.8. The van der Waals surface area contributed by atoms with E-state index in [1.165, 1.54) is 10.9 Å². The van der Waals surface area contributed by atoms with E-state index in [9.17, 15) is 4.79 Å². The SMILES string of the molecule is Nc1ncnc(NC(c2nc3cccc(Cl)c3c(=O)n2-c2ccn[nH]2)C2CC2)c1Cl. The molecule has 3 aromatic heterocycles. The third kappa shape index (κ3) is 3.16. The number of H-pyrrole nitrogens is 1. The summed E-state index contributed by atoms with van der Waals surface area (Å²) >= 11 is 12.6. The van der Waals surface area contributed by atoms with Crippen LogP contribution in [0.4, 0.5) is 11.6 Å². The van der Waals surface area contributed by atoms with Crippen LogP contribution in [0, 0.1) is 5.92 Å². The van der Waals surface area contributed by atoms with Crippen LogP contribution in [0.25, 0.3) is 16.7 Å². The van der Waals surface area contributed by atoms with Crippen LogP contribution in [0.5, 0.6) is 0 Å². The summed E-state index contributed by atoms with van der Waals surface area (Å²) < 4.78 is 1.50. The summed E-state index contributed by atoms with van der Waals surface area (Å²) in [5.74, 6) is 1.81. The van der Waals surface area contributed by atoms with Crippen molar-refractivity contribution in [1.82, 2.24) is 29.7 Å². The van der Waals surface area contributed by atoms with E-state index in [0.29, 0.717) is 33.4 Å². The normalized spacial score (nSPS) is 14.7. The number of anilines is 2. The van der Waals surface area contributed by atoms with E-state index in [4.69, 9.17) is 33.9 Å². The van der Waals surface area contributed by atoms with E-state index in [2.05, 4.69) is 25.5 Å². The van der Waals surface area contributed by atoms with Crippen molar-refractivity contribution in [3.63, 3.8) is 0 Å². The summed E-state index contributed by atoms with van der Waals surface area (Å²) in [6.07, 6.45) is 4.86. The van der Waals surface area contributed by atoms with E-state index < -0.39 is 0 Å². The number of rotatable bonds is 5. The number of hydrogen-bond acceptors (Lipinski definition) is 7. The Morgan fingerprint density at radius 3 is 2.80 bits per heavy atom. The number of nitrogen functional groups attached to an aromatic ring is 1. The first-order chi connectivity index (χ1) is 14.5. The van der Waals surface area contributed by atoms with Gasteiger partial charge in [-0.25, -0.2) is 19.5 Å². The van der Waals surface area contributed by atoms with Crippen molar-refractivity contribution in [3.05, 3.63) is 63.0 Å². The van der Waals surface area contributed by atoms with Gasteiger partial charge in [-0.1, -0.05) is 29.3 Å². The topological polar surface area (TPSA) is 127 Å². The monoisotopic (exact) mass is 442 g/mol. The van der Waals surface area contributed by atoms with Gasteiger partial charge in [0.25, 0.3) is 5.56 Å². The Morgan fingerprint density at radius 2 is 2.07 bits per heavy atom. The molecule has 0 aliphatic heterocycles. The second-order valence-corrected chi connectivity index (χ2v) is 7.85. The highest BCUT2D eigenvalue weighted by Gasteiger charge is 2.37. The number of nitrogens with one attached hydrogen (secondary N) is 2. The fourth-order valence-corrected chi connectivity index (χ4v) is 3.88. The number of benzene rings is 1. The minimum absolute atomic E-state index is 0.174. The molecule has 5 rings (SSSR count). The Morgan fingerprint density at radius 1 is 1.23 bits per heavy atom. The Bertz CT molecular complexity index is 1300. The lowest BCUT2D eigenvalue weighted by atomic mass is 10.1. The maximum absolute atomic E-state index is 13.5. The Labute approximate surface area is 180 Å². The number of nitrogens with zero attached hydrogens (tertiary/aromatic N) is 5. The zero-order chi connectivity index (χ0) is 20.8. The third-order valence-corrected chi connectivity index (χ3v) is 5.77. The number of halogens is 2. The minimum Gasteiger partial charge on any atom is -0.382 e. The van der Waals surface area contributed by atoms with Crippen LogP contribution < -0.4 is 16.6 Å². The van der Waals surface area contributed by atoms with Crippen LogP contribution in [0.1, 0.15) is 24.7 Å². The summed E-state index contributed by atoms with van der Waals surface area (Å²) in [5.41, 5.74) is 6.05. The van der Waals surface area contributed by atoms with Gasteiger partial charge in [0.05, 0.1) is 28.2 Å². The van der Waals surface area contributed by atoms with Gasteiger partial charge < -0.3 is 11.1 Å². The molecule has 4 N–H and O–H groups in total. The van der Waals surface area contributed by atoms with Gasteiger partial charge in [0.2, 0.25) is 0 Å². The number of aromatic amines is 1. The lowest BCUT2D eigenvalue weighted by Gasteiger charge is -2.23. The first-order valence-corrected chi connectivity index (χ1v) is 10.0. The highest BCUT2D eigenvalue weighted by Crippen LogP contribution is 2.43. The molecule has 0 amide bonds. The summed E-state index contributed by atoms with van der Waals surface area (Å²) in [4.78, 5) is 26.4. The van der Waals surface area contributed by atoms with E-state index in [1.807, 2.05) is 0 Å². The number of nitrogens with two attached hydrogens (primary N) is 1. The van der Waals surface area contributed by atoms with E-state index in [0.717, 1.165) is 12.8 Å². The van der Waals surface area contributed by atoms with Gasteiger partial charge in [0, 0.05) is 6.07 Å². The molecule has 152 valence electrons. The third-order valence-electron chi connectivity index (χ3n) is 5.08. The minimum atomic E-state index is -0.337. The molecule has 9 nitrogen and oxygen atoms in total. The van der Waals surface area contributed by atoms with Crippen molar-refractivity contribution in [1.29, 1.82) is 0 Å². The van der Waals surface area contributed by atoms with Crippen LogP contribution >= 0.6 is 23.2 Å². The maximum Gasteiger partial charge on any atom is 0.268 e. The van der Waals surface area contributed by atoms with E-state index >= 15 is 0 Å². The molecule has 1 aromatic carbocycles. The average molecular weight is 443 g/mol. The Kier molecular flexibility index (Phi) is 4.56. The smallest absolute Gasteiger partial charge is 0.268 e. The van der Waals surface area contributed by atoms with Crippen molar-refractivity contribution in [2.75, 3.05) is 11.1 Å². The molecule has 1 aliphatic rings. The molecule has 0 saturated heterocycles. The molecule has 4 aromatic rings. The Hall–Kier alpha value is -3.17. The second kappa shape index (κ2) is 7.26. The lowest BCUT2D eigenvalue weighted by molar-refractivity contribution is 0.605. The van der Waals surface area contributed by atoms with Crippen molar-refractivity contribution in [2.24, 2.45) is 5.92 Å². The molecule has 3 heterocycles. The maximum atomic E-state index is 13.5. The average Bonchev–Trinajstić information content (AvgIpc) is 3.43. The van der Waals surface area contributed by atoms with Gasteiger partial charge in [0.1, 0.15) is 28.8 Å². The molecule has 30 heavy (non-hydrogen) atoms. The largest absolute Gasteiger partial charge is 0.382 e. The summed E-state index contributed by atoms with van der Waals surface area (Å²) in [6.45, 7) is 0. The summed E-state index contributed by atoms with van der Waals surface area (Å²) in [7, 11) is 0. The predicted molar refractivity (Wildman–Crippen MR) is 115 cm³/mol. The highest BCUT2D eigenvalue weighted by atomic mass is 35.5. The van der Waals surface area contributed by atoms with Crippen molar-refractivity contribution in [2.45, 2.75) is 18.9 Å². The van der Waals surface area contributed by atoms with Gasteiger partial charge in [0.15, 0.2) is 5.82 Å². The van der Waals surface area contributed by atoms with E-state index in [1.54, 1.807) is 30.5 Å². The predicted octanol–water partition coefficient (Wildman–Crippen LogP) is 3.35. The summed E-state index contributed by atoms with van der Waals surface area (Å²) in [6, 6.07) is 6.57. The fourth-order valence-electron chi connectivity index (χ4n) is 3.48. The van der Waals surface area contributed by atoms with Crippen molar-refractivity contribution < 1.29 is 0 Å². The van der Waals surface area contributed by atoms with Crippen molar-refractivity contribution in [3.8, 4) is 5.82 Å². The standard InChI is InChI=1S/C19H16Cl2N8O/c20-10-2-1-3-11-13(10)19(30)29(12-6-7-25-28-12)18(26-11)15(9-4-5-9)27-17-14(21)16(22)23-8-24-17/h1-3,6-9,15H,4-5H2,(H,25,28)(H3,22,23,24,27). The first-order valence-electron chi connectivity index (χ1n) is 9.28. The van der Waals surface area contributed by atoms with Gasteiger partial charge >= 0.3 is 0 Å². The van der Waals surface area contributed by atoms with Crippen LogP contribution in [-0.2, 0) is 0 Å². The zero-order valence-electron chi connectivity index (χ0n) is 15.5. The van der Waals surface area contributed by atoms with Gasteiger partial charge in [-0.15, -0.1) is 0 Å². The second-order valence-electron chi connectivity index (χ2n) is 7.07. The molecule has 11 heteroatoms. The van der Waals surface area contributed by atoms with Crippen LogP contribution in [0.3, 0.4) is 0 Å². The lowest BCUT2D eigenvalue weighted by Crippen LogP contribution is -2.29. The molecular formula is C19H16Cl2N8O. The zero-order valence-corrected chi connectivity index (χ0v) is 17.0. The molecule has 1 fully saturated rings. The highest BCUT2D eigenvalue weighted by molar-refractivity contribution is 6.35. The van der Waals surface area contributed by atoms with E-state index in [-0.39, 0.29) is 28.4 Å². The van der Waals surface area contributed by atoms with Crippen LogP contribution in [-0.4, -0.2) is 29.7 Å². The number of aromatic nitrogens is 6. The molecule has 0 radical (unpaired) electrons. The molecule has 1 atom stereocenters.